The molecule has 0 atom stereocenters. The number of nitrogens with one attached hydrogen (secondary N) is 1. The summed E-state index contributed by atoms with van der Waals surface area (Å²) in [5, 5.41) is 5.47. The van der Waals surface area contributed by atoms with E-state index in [2.05, 4.69) is 24.1 Å². The van der Waals surface area contributed by atoms with Gasteiger partial charge in [-0.2, -0.15) is 0 Å². The summed E-state index contributed by atoms with van der Waals surface area (Å²) in [4.78, 5) is 16.6. The first-order chi connectivity index (χ1) is 11.9. The topological polar surface area (TPSA) is 60.5 Å². The molecule has 6 heteroatoms. The van der Waals surface area contributed by atoms with E-state index in [4.69, 9.17) is 9.47 Å². The van der Waals surface area contributed by atoms with Gasteiger partial charge in [-0.25, -0.2) is 4.98 Å². The number of aromatic nitrogens is 1. The zero-order valence-electron chi connectivity index (χ0n) is 15.5. The van der Waals surface area contributed by atoms with E-state index in [1.807, 2.05) is 32.0 Å². The third kappa shape index (κ3) is 5.46. The summed E-state index contributed by atoms with van der Waals surface area (Å²) in [6, 6.07) is 5.69. The average Bonchev–Trinajstić information content (AvgIpc) is 3.04. The molecule has 1 aromatic carbocycles. The molecule has 0 unspecified atom stereocenters. The molecule has 2 aromatic rings. The third-order valence-corrected chi connectivity index (χ3v) is 4.41. The average molecular weight is 362 g/mol. The molecule has 1 aromatic heterocycles. The second-order valence-electron chi connectivity index (χ2n) is 6.51. The third-order valence-electron chi connectivity index (χ3n) is 3.52. The molecule has 0 saturated carbocycles. The molecular weight excluding hydrogens is 336 g/mol. The van der Waals surface area contributed by atoms with Crippen LogP contribution in [0.3, 0.4) is 0 Å². The molecule has 1 N–H and O–H groups in total. The van der Waals surface area contributed by atoms with Crippen LogP contribution in [0, 0.1) is 5.92 Å². The lowest BCUT2D eigenvalue weighted by molar-refractivity contribution is 0.0948. The van der Waals surface area contributed by atoms with Crippen molar-refractivity contribution in [2.45, 2.75) is 40.2 Å². The van der Waals surface area contributed by atoms with E-state index in [1.54, 1.807) is 12.5 Å². The molecule has 1 amide bonds. The molecule has 0 fully saturated rings. The van der Waals surface area contributed by atoms with Gasteiger partial charge in [-0.3, -0.25) is 4.79 Å². The maximum absolute atomic E-state index is 12.2. The van der Waals surface area contributed by atoms with Crippen molar-refractivity contribution in [1.82, 2.24) is 10.3 Å². The number of amides is 1. The Labute approximate surface area is 153 Å². The number of ether oxygens (including phenoxy) is 2. The van der Waals surface area contributed by atoms with Gasteiger partial charge in [-0.15, -0.1) is 11.3 Å². The van der Waals surface area contributed by atoms with Crippen molar-refractivity contribution in [2.24, 2.45) is 5.92 Å². The van der Waals surface area contributed by atoms with E-state index in [9.17, 15) is 4.79 Å². The van der Waals surface area contributed by atoms with Gasteiger partial charge in [0.2, 0.25) is 0 Å². The minimum Gasteiger partial charge on any atom is -0.493 e. The van der Waals surface area contributed by atoms with Crippen molar-refractivity contribution in [3.8, 4) is 22.1 Å². The number of carbonyl (C=O) groups excluding carboxylic acids is 1. The van der Waals surface area contributed by atoms with Crippen LogP contribution in [0.5, 0.6) is 11.5 Å². The van der Waals surface area contributed by atoms with E-state index in [0.29, 0.717) is 29.7 Å². The maximum Gasteiger partial charge on any atom is 0.270 e. The Bertz CT molecular complexity index is 710. The summed E-state index contributed by atoms with van der Waals surface area (Å²) >= 11 is 1.44. The highest BCUT2D eigenvalue weighted by Gasteiger charge is 2.14. The van der Waals surface area contributed by atoms with Gasteiger partial charge < -0.3 is 14.8 Å². The summed E-state index contributed by atoms with van der Waals surface area (Å²) in [7, 11) is 1.61. The molecule has 5 nitrogen and oxygen atoms in total. The van der Waals surface area contributed by atoms with E-state index in [1.165, 1.54) is 11.3 Å². The van der Waals surface area contributed by atoms with Crippen molar-refractivity contribution < 1.29 is 14.3 Å². The quantitative estimate of drug-likeness (QED) is 0.757. The molecule has 2 rings (SSSR count). The van der Waals surface area contributed by atoms with Crippen LogP contribution in [-0.2, 0) is 0 Å². The predicted molar refractivity (Wildman–Crippen MR) is 102 cm³/mol. The van der Waals surface area contributed by atoms with Gasteiger partial charge in [0, 0.05) is 17.5 Å². The van der Waals surface area contributed by atoms with Crippen LogP contribution in [0.4, 0.5) is 0 Å². The highest BCUT2D eigenvalue weighted by molar-refractivity contribution is 7.13. The Balaban J connectivity index is 2.12. The van der Waals surface area contributed by atoms with Crippen LogP contribution in [0.15, 0.2) is 23.6 Å². The minimum absolute atomic E-state index is 0.0701. The smallest absolute Gasteiger partial charge is 0.270 e. The number of hydrogen-bond acceptors (Lipinski definition) is 5. The van der Waals surface area contributed by atoms with Crippen LogP contribution in [-0.4, -0.2) is 30.6 Å². The van der Waals surface area contributed by atoms with Crippen LogP contribution in [0.2, 0.25) is 0 Å². The van der Waals surface area contributed by atoms with Crippen molar-refractivity contribution in [3.05, 3.63) is 29.3 Å². The Morgan fingerprint density at radius 3 is 2.64 bits per heavy atom. The molecule has 0 bridgehead atoms. The zero-order valence-corrected chi connectivity index (χ0v) is 16.3. The van der Waals surface area contributed by atoms with Gasteiger partial charge in [0.15, 0.2) is 11.5 Å². The largest absolute Gasteiger partial charge is 0.493 e. The summed E-state index contributed by atoms with van der Waals surface area (Å²) in [6.07, 6.45) is 1.03. The number of carbonyl (C=O) groups is 1. The Morgan fingerprint density at radius 2 is 2.00 bits per heavy atom. The van der Waals surface area contributed by atoms with Crippen molar-refractivity contribution in [2.75, 3.05) is 13.7 Å². The van der Waals surface area contributed by atoms with Crippen LogP contribution in [0.1, 0.15) is 44.6 Å². The first kappa shape index (κ1) is 19.2. The fourth-order valence-corrected chi connectivity index (χ4v) is 3.02. The molecule has 1 heterocycles. The van der Waals surface area contributed by atoms with Gasteiger partial charge in [0.05, 0.1) is 13.2 Å². The highest BCUT2D eigenvalue weighted by atomic mass is 32.1. The fraction of sp³-hybridized carbons (Fsp3) is 0.474. The molecule has 0 aliphatic heterocycles. The number of thiazole rings is 1. The van der Waals surface area contributed by atoms with E-state index < -0.39 is 0 Å². The summed E-state index contributed by atoms with van der Waals surface area (Å²) in [6.45, 7) is 8.87. The van der Waals surface area contributed by atoms with Crippen molar-refractivity contribution >= 4 is 17.2 Å². The predicted octanol–water partition coefficient (Wildman–Crippen LogP) is 4.38. The first-order valence-electron chi connectivity index (χ1n) is 8.49. The van der Waals surface area contributed by atoms with Crippen LogP contribution < -0.4 is 14.8 Å². The van der Waals surface area contributed by atoms with Crippen molar-refractivity contribution in [1.29, 1.82) is 0 Å². The summed E-state index contributed by atoms with van der Waals surface area (Å²) < 4.78 is 11.1. The lowest BCUT2D eigenvalue weighted by Gasteiger charge is -2.14. The molecule has 25 heavy (non-hydrogen) atoms. The van der Waals surface area contributed by atoms with Crippen molar-refractivity contribution in [3.63, 3.8) is 0 Å². The number of nitrogens with zero attached hydrogens (tertiary/aromatic N) is 1. The van der Waals surface area contributed by atoms with E-state index in [-0.39, 0.29) is 12.0 Å². The molecular formula is C19H26N2O3S. The van der Waals surface area contributed by atoms with E-state index in [0.717, 1.165) is 17.0 Å². The molecule has 0 saturated heterocycles. The SMILES string of the molecule is COc1cc(-c2nc(C(=O)NCCC(C)C)cs2)ccc1OC(C)C. The second-order valence-corrected chi connectivity index (χ2v) is 7.37. The lowest BCUT2D eigenvalue weighted by atomic mass is 10.1. The van der Waals surface area contributed by atoms with Gasteiger partial charge in [0.1, 0.15) is 10.7 Å². The molecule has 0 aliphatic carbocycles. The Kier molecular flexibility index (Phi) is 6.82. The summed E-state index contributed by atoms with van der Waals surface area (Å²) in [5.41, 5.74) is 1.35. The van der Waals surface area contributed by atoms with Gasteiger partial charge in [0.25, 0.3) is 5.91 Å². The normalized spacial score (nSPS) is 11.0. The number of methoxy groups -OCH3 is 1. The molecule has 0 radical (unpaired) electrons. The van der Waals surface area contributed by atoms with Crippen LogP contribution >= 0.6 is 11.3 Å². The van der Waals surface area contributed by atoms with E-state index >= 15 is 0 Å². The zero-order chi connectivity index (χ0) is 18.4. The number of benzene rings is 1. The van der Waals surface area contributed by atoms with Crippen LogP contribution in [0.25, 0.3) is 10.6 Å². The molecule has 0 spiro atoms. The monoisotopic (exact) mass is 362 g/mol. The number of rotatable bonds is 8. The highest BCUT2D eigenvalue weighted by Crippen LogP contribution is 2.34. The summed E-state index contributed by atoms with van der Waals surface area (Å²) in [5.74, 6) is 1.79. The Hall–Kier alpha value is -2.08. The second kappa shape index (κ2) is 8.85. The first-order valence-corrected chi connectivity index (χ1v) is 9.37. The molecule has 0 aliphatic rings. The standard InChI is InChI=1S/C19H26N2O3S/c1-12(2)8-9-20-18(22)15-11-25-19(21-15)14-6-7-16(24-13(3)4)17(10-14)23-5/h6-7,10-13H,8-9H2,1-5H3,(H,20,22). The van der Waals surface area contributed by atoms with Gasteiger partial charge in [-0.05, 0) is 44.4 Å². The molecule has 136 valence electrons. The lowest BCUT2D eigenvalue weighted by Crippen LogP contribution is -2.25. The maximum atomic E-state index is 12.2. The number of hydrogen-bond donors (Lipinski definition) is 1. The fourth-order valence-electron chi connectivity index (χ4n) is 2.23. The minimum atomic E-state index is -0.130. The Morgan fingerprint density at radius 1 is 1.24 bits per heavy atom. The van der Waals surface area contributed by atoms with Gasteiger partial charge in [-0.1, -0.05) is 13.8 Å². The van der Waals surface area contributed by atoms with Gasteiger partial charge >= 0.3 is 0 Å².